The minimum atomic E-state index is 0.0721. The van der Waals surface area contributed by atoms with Crippen molar-refractivity contribution in [3.8, 4) is 0 Å². The second-order valence-corrected chi connectivity index (χ2v) is 7.54. The SMILES string of the molecule is CC1CCCC(N)(CNCC2(C)CCCCC2)C1. The van der Waals surface area contributed by atoms with E-state index in [2.05, 4.69) is 19.2 Å². The molecule has 2 fully saturated rings. The van der Waals surface area contributed by atoms with Gasteiger partial charge in [0.2, 0.25) is 0 Å². The highest BCUT2D eigenvalue weighted by Crippen LogP contribution is 2.35. The normalized spacial score (nSPS) is 36.5. The van der Waals surface area contributed by atoms with Gasteiger partial charge in [-0.15, -0.1) is 0 Å². The molecule has 3 N–H and O–H groups in total. The Morgan fingerprint density at radius 1 is 1.06 bits per heavy atom. The Kier molecular flexibility index (Phi) is 4.71. The summed E-state index contributed by atoms with van der Waals surface area (Å²) >= 11 is 0. The molecule has 2 aliphatic carbocycles. The van der Waals surface area contributed by atoms with Crippen molar-refractivity contribution in [2.45, 2.75) is 77.2 Å². The molecule has 0 aromatic rings. The molecule has 18 heavy (non-hydrogen) atoms. The molecule has 0 spiro atoms. The average Bonchev–Trinajstić information content (AvgIpc) is 2.29. The number of nitrogens with one attached hydrogen (secondary N) is 1. The maximum absolute atomic E-state index is 6.55. The van der Waals surface area contributed by atoms with E-state index < -0.39 is 0 Å². The van der Waals surface area contributed by atoms with Gasteiger partial charge in [0.05, 0.1) is 0 Å². The van der Waals surface area contributed by atoms with Crippen LogP contribution in [0.2, 0.25) is 0 Å². The molecule has 2 saturated carbocycles. The highest BCUT2D eigenvalue weighted by molar-refractivity contribution is 4.92. The van der Waals surface area contributed by atoms with Gasteiger partial charge in [-0.1, -0.05) is 46.0 Å². The number of hydrogen-bond donors (Lipinski definition) is 2. The summed E-state index contributed by atoms with van der Waals surface area (Å²) in [7, 11) is 0. The molecule has 2 rings (SSSR count). The third-order valence-electron chi connectivity index (χ3n) is 5.22. The van der Waals surface area contributed by atoms with E-state index in [1.54, 1.807) is 0 Å². The van der Waals surface area contributed by atoms with Crippen molar-refractivity contribution >= 4 is 0 Å². The first kappa shape index (κ1) is 14.3. The van der Waals surface area contributed by atoms with E-state index in [0.29, 0.717) is 5.41 Å². The summed E-state index contributed by atoms with van der Waals surface area (Å²) in [6.45, 7) is 6.99. The van der Waals surface area contributed by atoms with Gasteiger partial charge in [-0.25, -0.2) is 0 Å². The molecule has 0 heterocycles. The van der Waals surface area contributed by atoms with Crippen LogP contribution >= 0.6 is 0 Å². The molecule has 0 bridgehead atoms. The third kappa shape index (κ3) is 3.96. The van der Waals surface area contributed by atoms with Gasteiger partial charge in [0.15, 0.2) is 0 Å². The second kappa shape index (κ2) is 5.92. The first-order chi connectivity index (χ1) is 8.52. The van der Waals surface area contributed by atoms with Crippen LogP contribution in [-0.4, -0.2) is 18.6 Å². The number of hydrogen-bond acceptors (Lipinski definition) is 2. The largest absolute Gasteiger partial charge is 0.324 e. The number of nitrogens with two attached hydrogens (primary N) is 1. The summed E-state index contributed by atoms with van der Waals surface area (Å²) in [5.41, 5.74) is 7.15. The molecule has 106 valence electrons. The van der Waals surface area contributed by atoms with Gasteiger partial charge >= 0.3 is 0 Å². The lowest BCUT2D eigenvalue weighted by Gasteiger charge is -2.39. The third-order valence-corrected chi connectivity index (χ3v) is 5.22. The van der Waals surface area contributed by atoms with Gasteiger partial charge in [0, 0.05) is 18.6 Å². The van der Waals surface area contributed by atoms with Gasteiger partial charge in [-0.3, -0.25) is 0 Å². The van der Waals surface area contributed by atoms with Crippen molar-refractivity contribution in [1.29, 1.82) is 0 Å². The van der Waals surface area contributed by atoms with Crippen molar-refractivity contribution in [2.75, 3.05) is 13.1 Å². The molecule has 0 aromatic heterocycles. The lowest BCUT2D eigenvalue weighted by molar-refractivity contribution is 0.184. The van der Waals surface area contributed by atoms with Crippen LogP contribution in [0.4, 0.5) is 0 Å². The molecule has 0 amide bonds. The van der Waals surface area contributed by atoms with E-state index in [9.17, 15) is 0 Å². The Morgan fingerprint density at radius 2 is 1.78 bits per heavy atom. The van der Waals surface area contributed by atoms with Crippen molar-refractivity contribution in [1.82, 2.24) is 5.32 Å². The number of rotatable bonds is 4. The Balaban J connectivity index is 1.73. The van der Waals surface area contributed by atoms with E-state index in [-0.39, 0.29) is 5.54 Å². The molecule has 2 atom stereocenters. The highest BCUT2D eigenvalue weighted by Gasteiger charge is 2.32. The van der Waals surface area contributed by atoms with Crippen LogP contribution in [-0.2, 0) is 0 Å². The van der Waals surface area contributed by atoms with Gasteiger partial charge < -0.3 is 11.1 Å². The van der Waals surface area contributed by atoms with Crippen LogP contribution in [0.1, 0.15) is 71.6 Å². The van der Waals surface area contributed by atoms with E-state index in [1.807, 2.05) is 0 Å². The van der Waals surface area contributed by atoms with E-state index in [4.69, 9.17) is 5.73 Å². The van der Waals surface area contributed by atoms with Crippen LogP contribution < -0.4 is 11.1 Å². The smallest absolute Gasteiger partial charge is 0.0283 e. The second-order valence-electron chi connectivity index (χ2n) is 7.54. The summed E-state index contributed by atoms with van der Waals surface area (Å²) in [6.07, 6.45) is 12.2. The summed E-state index contributed by atoms with van der Waals surface area (Å²) in [6, 6.07) is 0. The van der Waals surface area contributed by atoms with Gasteiger partial charge in [-0.2, -0.15) is 0 Å². The molecule has 2 aliphatic rings. The van der Waals surface area contributed by atoms with E-state index >= 15 is 0 Å². The minimum Gasteiger partial charge on any atom is -0.324 e. The molecule has 0 saturated heterocycles. The highest BCUT2D eigenvalue weighted by atomic mass is 14.9. The Morgan fingerprint density at radius 3 is 2.44 bits per heavy atom. The van der Waals surface area contributed by atoms with Gasteiger partial charge in [-0.05, 0) is 37.0 Å². The zero-order chi connectivity index (χ0) is 13.1. The summed E-state index contributed by atoms with van der Waals surface area (Å²) in [4.78, 5) is 0. The van der Waals surface area contributed by atoms with Gasteiger partial charge in [0.1, 0.15) is 0 Å². The van der Waals surface area contributed by atoms with Crippen LogP contribution in [0, 0.1) is 11.3 Å². The zero-order valence-corrected chi connectivity index (χ0v) is 12.4. The molecule has 0 aromatic carbocycles. The van der Waals surface area contributed by atoms with Crippen molar-refractivity contribution in [3.63, 3.8) is 0 Å². The average molecular weight is 252 g/mol. The maximum Gasteiger partial charge on any atom is 0.0283 e. The molecular weight excluding hydrogens is 220 g/mol. The maximum atomic E-state index is 6.55. The van der Waals surface area contributed by atoms with Crippen LogP contribution in [0.3, 0.4) is 0 Å². The quantitative estimate of drug-likeness (QED) is 0.804. The summed E-state index contributed by atoms with van der Waals surface area (Å²) in [5, 5.41) is 3.70. The van der Waals surface area contributed by atoms with Crippen LogP contribution in [0.5, 0.6) is 0 Å². The Bertz CT molecular complexity index is 258. The monoisotopic (exact) mass is 252 g/mol. The summed E-state index contributed by atoms with van der Waals surface area (Å²) < 4.78 is 0. The molecular formula is C16H32N2. The molecule has 2 nitrogen and oxygen atoms in total. The van der Waals surface area contributed by atoms with Crippen molar-refractivity contribution in [3.05, 3.63) is 0 Å². The zero-order valence-electron chi connectivity index (χ0n) is 12.4. The molecule has 0 radical (unpaired) electrons. The minimum absolute atomic E-state index is 0.0721. The van der Waals surface area contributed by atoms with Crippen LogP contribution in [0.15, 0.2) is 0 Å². The van der Waals surface area contributed by atoms with Crippen molar-refractivity contribution < 1.29 is 0 Å². The Hall–Kier alpha value is -0.0800. The lowest BCUT2D eigenvalue weighted by Crippen LogP contribution is -2.53. The van der Waals surface area contributed by atoms with Crippen molar-refractivity contribution in [2.24, 2.45) is 17.1 Å². The predicted molar refractivity (Wildman–Crippen MR) is 78.6 cm³/mol. The molecule has 2 heteroatoms. The van der Waals surface area contributed by atoms with Gasteiger partial charge in [0.25, 0.3) is 0 Å². The molecule has 0 aliphatic heterocycles. The standard InChI is InChI=1S/C16H32N2/c1-14-7-6-10-16(17,11-14)13-18-12-15(2)8-4-3-5-9-15/h14,18H,3-13,17H2,1-2H3. The Labute approximate surface area is 113 Å². The predicted octanol–water partition coefficient (Wildman–Crippen LogP) is 3.45. The first-order valence-electron chi connectivity index (χ1n) is 8.01. The van der Waals surface area contributed by atoms with E-state index in [0.717, 1.165) is 12.5 Å². The first-order valence-corrected chi connectivity index (χ1v) is 8.01. The summed E-state index contributed by atoms with van der Waals surface area (Å²) in [5.74, 6) is 0.816. The fourth-order valence-corrected chi connectivity index (χ4v) is 4.06. The fraction of sp³-hybridized carbons (Fsp3) is 1.00. The van der Waals surface area contributed by atoms with E-state index in [1.165, 1.54) is 64.3 Å². The topological polar surface area (TPSA) is 38.0 Å². The van der Waals surface area contributed by atoms with Crippen LogP contribution in [0.25, 0.3) is 0 Å². The molecule has 2 unspecified atom stereocenters. The fourth-order valence-electron chi connectivity index (χ4n) is 4.06. The lowest BCUT2D eigenvalue weighted by atomic mass is 9.74.